The average Bonchev–Trinajstić information content (AvgIpc) is 3.48. The van der Waals surface area contributed by atoms with E-state index in [2.05, 4.69) is 10.2 Å². The van der Waals surface area contributed by atoms with Crippen molar-refractivity contribution in [1.29, 1.82) is 0 Å². The highest BCUT2D eigenvalue weighted by molar-refractivity contribution is 6.30. The number of benzene rings is 1. The molecule has 0 unspecified atom stereocenters. The van der Waals surface area contributed by atoms with Gasteiger partial charge >= 0.3 is 0 Å². The zero-order valence-corrected chi connectivity index (χ0v) is 18.3. The molecule has 1 aromatic rings. The van der Waals surface area contributed by atoms with Crippen LogP contribution in [-0.4, -0.2) is 73.1 Å². The van der Waals surface area contributed by atoms with Gasteiger partial charge < -0.3 is 15.0 Å². The maximum atomic E-state index is 13.2. The van der Waals surface area contributed by atoms with Gasteiger partial charge in [-0.05, 0) is 55.9 Å². The van der Waals surface area contributed by atoms with Crippen molar-refractivity contribution in [1.82, 2.24) is 15.1 Å². The molecule has 2 aliphatic heterocycles. The summed E-state index contributed by atoms with van der Waals surface area (Å²) in [6, 6.07) is 6.95. The van der Waals surface area contributed by atoms with E-state index in [1.165, 1.54) is 12.8 Å². The maximum Gasteiger partial charge on any atom is 0.253 e. The van der Waals surface area contributed by atoms with Gasteiger partial charge in [-0.2, -0.15) is 0 Å². The molecule has 1 aromatic carbocycles. The summed E-state index contributed by atoms with van der Waals surface area (Å²) in [4.78, 5) is 30.1. The highest BCUT2D eigenvalue weighted by Crippen LogP contribution is 2.31. The first-order valence-electron chi connectivity index (χ1n) is 11.3. The number of carbonyl (C=O) groups is 2. The van der Waals surface area contributed by atoms with Crippen LogP contribution >= 0.6 is 11.6 Å². The highest BCUT2D eigenvalue weighted by atomic mass is 35.5. The zero-order valence-electron chi connectivity index (χ0n) is 17.5. The van der Waals surface area contributed by atoms with Crippen molar-refractivity contribution in [3.05, 3.63) is 34.9 Å². The van der Waals surface area contributed by atoms with Gasteiger partial charge in [0.05, 0.1) is 12.1 Å². The SMILES string of the molecule is O=C(NC[C@H]1CCCO1)[C@@H](C1CCCC1)N1CCN(C(=O)c2ccc(Cl)cc2)CC1. The number of halogens is 1. The Kier molecular flexibility index (Phi) is 7.28. The zero-order chi connectivity index (χ0) is 20.9. The Balaban J connectivity index is 1.35. The molecule has 7 heteroatoms. The molecule has 0 aromatic heterocycles. The number of nitrogens with zero attached hydrogens (tertiary/aromatic N) is 2. The second kappa shape index (κ2) is 10.1. The van der Waals surface area contributed by atoms with Crippen molar-refractivity contribution in [3.63, 3.8) is 0 Å². The number of amides is 2. The molecule has 2 heterocycles. The summed E-state index contributed by atoms with van der Waals surface area (Å²) in [5.41, 5.74) is 0.662. The molecule has 4 rings (SSSR count). The van der Waals surface area contributed by atoms with Gasteiger partial charge in [0.2, 0.25) is 5.91 Å². The third-order valence-electron chi connectivity index (χ3n) is 6.73. The van der Waals surface area contributed by atoms with Crippen LogP contribution in [-0.2, 0) is 9.53 Å². The van der Waals surface area contributed by atoms with Crippen LogP contribution in [0.3, 0.4) is 0 Å². The molecule has 1 aliphatic carbocycles. The Morgan fingerprint density at radius 1 is 1.03 bits per heavy atom. The monoisotopic (exact) mass is 433 g/mol. The highest BCUT2D eigenvalue weighted by Gasteiger charge is 2.37. The second-order valence-corrected chi connectivity index (χ2v) is 9.14. The molecule has 2 atom stereocenters. The number of hydrogen-bond donors (Lipinski definition) is 1. The van der Waals surface area contributed by atoms with E-state index in [9.17, 15) is 9.59 Å². The fourth-order valence-corrected chi connectivity index (χ4v) is 5.18. The summed E-state index contributed by atoms with van der Waals surface area (Å²) >= 11 is 5.94. The lowest BCUT2D eigenvalue weighted by molar-refractivity contribution is -0.129. The fraction of sp³-hybridized carbons (Fsp3) is 0.652. The quantitative estimate of drug-likeness (QED) is 0.749. The molecule has 0 radical (unpaired) electrons. The normalized spacial score (nSPS) is 24.2. The Bertz CT molecular complexity index is 722. The van der Waals surface area contributed by atoms with Crippen molar-refractivity contribution in [2.45, 2.75) is 50.7 Å². The molecule has 3 fully saturated rings. The van der Waals surface area contributed by atoms with Crippen LogP contribution in [0.1, 0.15) is 48.9 Å². The topological polar surface area (TPSA) is 61.9 Å². The van der Waals surface area contributed by atoms with E-state index < -0.39 is 0 Å². The Morgan fingerprint density at radius 2 is 1.73 bits per heavy atom. The molecule has 2 saturated heterocycles. The summed E-state index contributed by atoms with van der Waals surface area (Å²) in [5.74, 6) is 0.578. The first kappa shape index (κ1) is 21.6. The number of rotatable bonds is 6. The molecule has 1 N–H and O–H groups in total. The molecular weight excluding hydrogens is 402 g/mol. The van der Waals surface area contributed by atoms with Crippen molar-refractivity contribution in [2.24, 2.45) is 5.92 Å². The lowest BCUT2D eigenvalue weighted by Gasteiger charge is -2.41. The van der Waals surface area contributed by atoms with Gasteiger partial charge in [0.1, 0.15) is 0 Å². The van der Waals surface area contributed by atoms with Gasteiger partial charge in [-0.3, -0.25) is 14.5 Å². The standard InChI is InChI=1S/C23H32ClN3O3/c24-19-9-7-18(8-10-19)23(29)27-13-11-26(12-14-27)21(17-4-1-2-5-17)22(28)25-16-20-6-3-15-30-20/h7-10,17,20-21H,1-6,11-16H2,(H,25,28)/t20-,21-/m1/s1. The lowest BCUT2D eigenvalue weighted by atomic mass is 9.94. The lowest BCUT2D eigenvalue weighted by Crippen LogP contribution is -2.58. The number of ether oxygens (including phenoxy) is 1. The molecule has 30 heavy (non-hydrogen) atoms. The van der Waals surface area contributed by atoms with Gasteiger partial charge in [0.25, 0.3) is 5.91 Å². The van der Waals surface area contributed by atoms with E-state index in [4.69, 9.17) is 16.3 Å². The molecule has 0 spiro atoms. The van der Waals surface area contributed by atoms with Gasteiger partial charge in [0.15, 0.2) is 0 Å². The third-order valence-corrected chi connectivity index (χ3v) is 6.98. The van der Waals surface area contributed by atoms with Crippen LogP contribution in [0.2, 0.25) is 5.02 Å². The first-order chi connectivity index (χ1) is 14.6. The van der Waals surface area contributed by atoms with Crippen LogP contribution in [0.5, 0.6) is 0 Å². The summed E-state index contributed by atoms with van der Waals surface area (Å²) in [6.45, 7) is 4.16. The number of carbonyl (C=O) groups excluding carboxylic acids is 2. The third kappa shape index (κ3) is 5.16. The van der Waals surface area contributed by atoms with E-state index in [1.54, 1.807) is 24.3 Å². The van der Waals surface area contributed by atoms with Gasteiger partial charge in [-0.1, -0.05) is 24.4 Å². The van der Waals surface area contributed by atoms with Crippen LogP contribution in [0.15, 0.2) is 24.3 Å². The largest absolute Gasteiger partial charge is 0.376 e. The smallest absolute Gasteiger partial charge is 0.253 e. The first-order valence-corrected chi connectivity index (χ1v) is 11.7. The van der Waals surface area contributed by atoms with Crippen LogP contribution in [0, 0.1) is 5.92 Å². The molecule has 0 bridgehead atoms. The summed E-state index contributed by atoms with van der Waals surface area (Å²) in [7, 11) is 0. The molecule has 3 aliphatic rings. The summed E-state index contributed by atoms with van der Waals surface area (Å²) in [6.07, 6.45) is 6.90. The average molecular weight is 434 g/mol. The van der Waals surface area contributed by atoms with Gasteiger partial charge in [-0.25, -0.2) is 0 Å². The van der Waals surface area contributed by atoms with E-state index in [0.29, 0.717) is 36.1 Å². The summed E-state index contributed by atoms with van der Waals surface area (Å²) < 4.78 is 5.66. The predicted molar refractivity (Wildman–Crippen MR) is 117 cm³/mol. The fourth-order valence-electron chi connectivity index (χ4n) is 5.05. The second-order valence-electron chi connectivity index (χ2n) is 8.70. The predicted octanol–water partition coefficient (Wildman–Crippen LogP) is 2.95. The van der Waals surface area contributed by atoms with Gasteiger partial charge in [0, 0.05) is 49.9 Å². The van der Waals surface area contributed by atoms with E-state index in [-0.39, 0.29) is 24.0 Å². The molecule has 2 amide bonds. The molecular formula is C23H32ClN3O3. The minimum absolute atomic E-state index is 0.0339. The van der Waals surface area contributed by atoms with Gasteiger partial charge in [-0.15, -0.1) is 0 Å². The van der Waals surface area contributed by atoms with Crippen molar-refractivity contribution < 1.29 is 14.3 Å². The minimum atomic E-state index is -0.0957. The van der Waals surface area contributed by atoms with E-state index in [0.717, 1.165) is 45.4 Å². The van der Waals surface area contributed by atoms with Crippen molar-refractivity contribution >= 4 is 23.4 Å². The van der Waals surface area contributed by atoms with E-state index in [1.807, 2.05) is 4.90 Å². The Labute approximate surface area is 183 Å². The minimum Gasteiger partial charge on any atom is -0.376 e. The molecule has 6 nitrogen and oxygen atoms in total. The van der Waals surface area contributed by atoms with E-state index >= 15 is 0 Å². The van der Waals surface area contributed by atoms with Crippen molar-refractivity contribution in [3.8, 4) is 0 Å². The Morgan fingerprint density at radius 3 is 2.37 bits per heavy atom. The number of nitrogens with one attached hydrogen (secondary N) is 1. The van der Waals surface area contributed by atoms with Crippen molar-refractivity contribution in [2.75, 3.05) is 39.3 Å². The van der Waals surface area contributed by atoms with Crippen LogP contribution in [0.25, 0.3) is 0 Å². The van der Waals surface area contributed by atoms with Crippen LogP contribution < -0.4 is 5.32 Å². The molecule has 1 saturated carbocycles. The number of piperazine rings is 1. The number of hydrogen-bond acceptors (Lipinski definition) is 4. The Hall–Kier alpha value is -1.63. The maximum absolute atomic E-state index is 13.2. The van der Waals surface area contributed by atoms with Crippen LogP contribution in [0.4, 0.5) is 0 Å². The molecule has 164 valence electrons. The summed E-state index contributed by atoms with van der Waals surface area (Å²) in [5, 5.41) is 3.79.